The average Bonchev–Trinajstić information content (AvgIpc) is 3.06. The normalized spacial score (nSPS) is 17.6. The molecule has 0 fully saturated rings. The molecule has 0 N–H and O–H groups in total. The van der Waals surface area contributed by atoms with Crippen LogP contribution in [0.4, 0.5) is 0 Å². The predicted molar refractivity (Wildman–Crippen MR) is 90.3 cm³/mol. The number of pyridine rings is 1. The number of nitrogens with zero attached hydrogens (tertiary/aromatic N) is 4. The molecular formula is C19H20N4O. The molecule has 1 aromatic carbocycles. The summed E-state index contributed by atoms with van der Waals surface area (Å²) in [4.78, 5) is 6.53. The van der Waals surface area contributed by atoms with Gasteiger partial charge in [0.2, 0.25) is 11.8 Å². The number of aromatic nitrogens is 3. The maximum atomic E-state index is 5.75. The molecule has 122 valence electrons. The van der Waals surface area contributed by atoms with Crippen LogP contribution in [0.15, 0.2) is 53.2 Å². The van der Waals surface area contributed by atoms with Gasteiger partial charge in [0.25, 0.3) is 0 Å². The zero-order valence-corrected chi connectivity index (χ0v) is 13.7. The minimum Gasteiger partial charge on any atom is -0.424 e. The van der Waals surface area contributed by atoms with Gasteiger partial charge in [0.15, 0.2) is 0 Å². The van der Waals surface area contributed by atoms with Crippen LogP contribution in [0.25, 0.3) is 0 Å². The maximum Gasteiger partial charge on any atom is 0.233 e. The summed E-state index contributed by atoms with van der Waals surface area (Å²) in [5.74, 6) is 1.34. The van der Waals surface area contributed by atoms with E-state index in [1.807, 2.05) is 19.3 Å². The van der Waals surface area contributed by atoms with Gasteiger partial charge in [-0.05, 0) is 41.7 Å². The van der Waals surface area contributed by atoms with E-state index in [2.05, 4.69) is 56.5 Å². The van der Waals surface area contributed by atoms with Gasteiger partial charge in [-0.3, -0.25) is 9.88 Å². The molecule has 0 saturated carbocycles. The molecular weight excluding hydrogens is 300 g/mol. The Kier molecular flexibility index (Phi) is 4.09. The number of fused-ring (bicyclic) bond motifs is 1. The van der Waals surface area contributed by atoms with E-state index in [4.69, 9.17) is 4.42 Å². The summed E-state index contributed by atoms with van der Waals surface area (Å²) < 4.78 is 5.75. The summed E-state index contributed by atoms with van der Waals surface area (Å²) in [6, 6.07) is 12.9. The molecule has 5 nitrogen and oxygen atoms in total. The molecule has 0 bridgehead atoms. The Morgan fingerprint density at radius 1 is 1.08 bits per heavy atom. The topological polar surface area (TPSA) is 55.1 Å². The van der Waals surface area contributed by atoms with E-state index in [1.54, 1.807) is 0 Å². The maximum absolute atomic E-state index is 5.75. The zero-order valence-electron chi connectivity index (χ0n) is 13.7. The fraction of sp³-hybridized carbons (Fsp3) is 0.316. The Balaban J connectivity index is 1.59. The molecule has 0 radical (unpaired) electrons. The second-order valence-electron chi connectivity index (χ2n) is 6.22. The minimum absolute atomic E-state index is 0.142. The van der Waals surface area contributed by atoms with E-state index in [1.165, 1.54) is 16.7 Å². The minimum atomic E-state index is 0.142. The van der Waals surface area contributed by atoms with Gasteiger partial charge in [0.05, 0.1) is 6.04 Å². The molecule has 5 heteroatoms. The predicted octanol–water partition coefficient (Wildman–Crippen LogP) is 3.12. The van der Waals surface area contributed by atoms with E-state index >= 15 is 0 Å². The molecule has 1 aliphatic rings. The molecule has 1 atom stereocenters. The van der Waals surface area contributed by atoms with Crippen LogP contribution < -0.4 is 0 Å². The van der Waals surface area contributed by atoms with Gasteiger partial charge in [0, 0.05) is 32.4 Å². The standard InChI is InChI=1S/C19H20N4O/c1-14-21-22-19(24-14)18-12-16-4-2-3-5-17(16)13-23(18)11-8-15-6-9-20-10-7-15/h2-7,9-10,18H,8,11-13H2,1H3. The van der Waals surface area contributed by atoms with E-state index in [0.29, 0.717) is 5.89 Å². The Hall–Kier alpha value is -2.53. The van der Waals surface area contributed by atoms with Crippen LogP contribution in [0, 0.1) is 6.92 Å². The largest absolute Gasteiger partial charge is 0.424 e. The van der Waals surface area contributed by atoms with Gasteiger partial charge in [-0.1, -0.05) is 24.3 Å². The lowest BCUT2D eigenvalue weighted by Gasteiger charge is -2.35. The van der Waals surface area contributed by atoms with E-state index in [-0.39, 0.29) is 6.04 Å². The first-order valence-electron chi connectivity index (χ1n) is 8.29. The van der Waals surface area contributed by atoms with Crippen molar-refractivity contribution in [1.29, 1.82) is 0 Å². The summed E-state index contributed by atoms with van der Waals surface area (Å²) in [6.07, 6.45) is 5.59. The van der Waals surface area contributed by atoms with Crippen molar-refractivity contribution in [2.45, 2.75) is 32.4 Å². The molecule has 2 aromatic heterocycles. The lowest BCUT2D eigenvalue weighted by molar-refractivity contribution is 0.147. The average molecular weight is 320 g/mol. The van der Waals surface area contributed by atoms with Crippen molar-refractivity contribution in [3.63, 3.8) is 0 Å². The van der Waals surface area contributed by atoms with E-state index in [9.17, 15) is 0 Å². The third kappa shape index (κ3) is 3.08. The first-order chi connectivity index (χ1) is 11.8. The molecule has 0 spiro atoms. The summed E-state index contributed by atoms with van der Waals surface area (Å²) in [7, 11) is 0. The summed E-state index contributed by atoms with van der Waals surface area (Å²) in [5.41, 5.74) is 4.06. The Bertz CT molecular complexity index is 815. The highest BCUT2D eigenvalue weighted by atomic mass is 16.4. The summed E-state index contributed by atoms with van der Waals surface area (Å²) in [6.45, 7) is 3.70. The van der Waals surface area contributed by atoms with Crippen LogP contribution in [-0.2, 0) is 19.4 Å². The molecule has 1 unspecified atom stereocenters. The van der Waals surface area contributed by atoms with Crippen LogP contribution in [0.5, 0.6) is 0 Å². The monoisotopic (exact) mass is 320 g/mol. The Labute approximate surface area is 141 Å². The lowest BCUT2D eigenvalue weighted by atomic mass is 9.93. The van der Waals surface area contributed by atoms with Gasteiger partial charge in [-0.15, -0.1) is 10.2 Å². The van der Waals surface area contributed by atoms with Gasteiger partial charge in [0.1, 0.15) is 0 Å². The quantitative estimate of drug-likeness (QED) is 0.739. The van der Waals surface area contributed by atoms with Gasteiger partial charge >= 0.3 is 0 Å². The fourth-order valence-corrected chi connectivity index (χ4v) is 3.32. The van der Waals surface area contributed by atoms with Crippen molar-refractivity contribution in [1.82, 2.24) is 20.1 Å². The molecule has 0 aliphatic carbocycles. The number of rotatable bonds is 4. The van der Waals surface area contributed by atoms with Gasteiger partial charge in [-0.2, -0.15) is 0 Å². The van der Waals surface area contributed by atoms with Crippen molar-refractivity contribution < 1.29 is 4.42 Å². The first-order valence-corrected chi connectivity index (χ1v) is 8.29. The summed E-state index contributed by atoms with van der Waals surface area (Å²) in [5, 5.41) is 8.30. The lowest BCUT2D eigenvalue weighted by Crippen LogP contribution is -2.35. The number of benzene rings is 1. The highest BCUT2D eigenvalue weighted by Crippen LogP contribution is 2.32. The van der Waals surface area contributed by atoms with Crippen LogP contribution in [-0.4, -0.2) is 26.6 Å². The highest BCUT2D eigenvalue weighted by molar-refractivity contribution is 5.31. The zero-order chi connectivity index (χ0) is 16.4. The van der Waals surface area contributed by atoms with Crippen molar-refractivity contribution in [2.75, 3.05) is 6.54 Å². The van der Waals surface area contributed by atoms with Crippen LogP contribution in [0.3, 0.4) is 0 Å². The third-order valence-electron chi connectivity index (χ3n) is 4.61. The van der Waals surface area contributed by atoms with Crippen LogP contribution in [0.2, 0.25) is 0 Å². The van der Waals surface area contributed by atoms with Gasteiger partial charge in [-0.25, -0.2) is 0 Å². The molecule has 1 aliphatic heterocycles. The number of hydrogen-bond acceptors (Lipinski definition) is 5. The van der Waals surface area contributed by atoms with Crippen molar-refractivity contribution in [3.05, 3.63) is 77.3 Å². The number of aryl methyl sites for hydroxylation is 1. The fourth-order valence-electron chi connectivity index (χ4n) is 3.32. The molecule has 3 heterocycles. The third-order valence-corrected chi connectivity index (χ3v) is 4.61. The Morgan fingerprint density at radius 2 is 1.88 bits per heavy atom. The van der Waals surface area contributed by atoms with Gasteiger partial charge < -0.3 is 4.42 Å². The molecule has 4 rings (SSSR count). The second-order valence-corrected chi connectivity index (χ2v) is 6.22. The SMILES string of the molecule is Cc1nnc(C2Cc3ccccc3CN2CCc2ccncc2)o1. The Morgan fingerprint density at radius 3 is 2.62 bits per heavy atom. The first kappa shape index (κ1) is 15.0. The van der Waals surface area contributed by atoms with E-state index < -0.39 is 0 Å². The second kappa shape index (κ2) is 6.53. The molecule has 0 amide bonds. The molecule has 3 aromatic rings. The summed E-state index contributed by atoms with van der Waals surface area (Å²) >= 11 is 0. The number of hydrogen-bond donors (Lipinski definition) is 0. The smallest absolute Gasteiger partial charge is 0.233 e. The highest BCUT2D eigenvalue weighted by Gasteiger charge is 2.30. The van der Waals surface area contributed by atoms with E-state index in [0.717, 1.165) is 31.8 Å². The molecule has 0 saturated heterocycles. The van der Waals surface area contributed by atoms with Crippen molar-refractivity contribution in [3.8, 4) is 0 Å². The van der Waals surface area contributed by atoms with Crippen molar-refractivity contribution in [2.24, 2.45) is 0 Å². The van der Waals surface area contributed by atoms with Crippen LogP contribution in [0.1, 0.15) is 34.5 Å². The van der Waals surface area contributed by atoms with Crippen LogP contribution >= 0.6 is 0 Å². The molecule has 24 heavy (non-hydrogen) atoms. The van der Waals surface area contributed by atoms with Crippen molar-refractivity contribution >= 4 is 0 Å².